The highest BCUT2D eigenvalue weighted by Crippen LogP contribution is 2.38. The van der Waals surface area contributed by atoms with Gasteiger partial charge in [-0.25, -0.2) is 0 Å². The van der Waals surface area contributed by atoms with Crippen LogP contribution in [0.2, 0.25) is 0 Å². The van der Waals surface area contributed by atoms with Crippen molar-refractivity contribution in [1.82, 2.24) is 5.32 Å². The Morgan fingerprint density at radius 3 is 2.38 bits per heavy atom. The van der Waals surface area contributed by atoms with E-state index in [-0.39, 0.29) is 24.2 Å². The summed E-state index contributed by atoms with van der Waals surface area (Å²) in [7, 11) is 0. The van der Waals surface area contributed by atoms with Crippen molar-refractivity contribution in [2.24, 2.45) is 5.92 Å². The molecule has 1 fully saturated rings. The minimum Gasteiger partial charge on any atom is -0.352 e. The van der Waals surface area contributed by atoms with Gasteiger partial charge in [-0.1, -0.05) is 52.0 Å². The van der Waals surface area contributed by atoms with Crippen molar-refractivity contribution in [3.05, 3.63) is 42.0 Å². The van der Waals surface area contributed by atoms with Crippen LogP contribution in [0.1, 0.15) is 57.1 Å². The largest absolute Gasteiger partial charge is 0.352 e. The first-order valence-corrected chi connectivity index (χ1v) is 8.68. The van der Waals surface area contributed by atoms with Gasteiger partial charge in [0.1, 0.15) is 0 Å². The quantitative estimate of drug-likeness (QED) is 0.811. The monoisotopic (exact) mass is 328 g/mol. The fraction of sp³-hybridized carbons (Fsp3) is 0.500. The van der Waals surface area contributed by atoms with Gasteiger partial charge >= 0.3 is 0 Å². The smallest absolute Gasteiger partial charge is 0.227 e. The Bertz CT molecular complexity index is 608. The minimum absolute atomic E-state index is 0.0313. The molecule has 1 N–H and O–H groups in total. The summed E-state index contributed by atoms with van der Waals surface area (Å²) in [5.41, 5.74) is 3.34. The van der Waals surface area contributed by atoms with Gasteiger partial charge < -0.3 is 10.2 Å². The van der Waals surface area contributed by atoms with E-state index in [1.807, 2.05) is 4.90 Å². The molecule has 1 aromatic carbocycles. The van der Waals surface area contributed by atoms with Gasteiger partial charge in [0.25, 0.3) is 0 Å². The molecule has 1 aromatic rings. The summed E-state index contributed by atoms with van der Waals surface area (Å²) in [6.07, 6.45) is 1.92. The first kappa shape index (κ1) is 18.2. The van der Waals surface area contributed by atoms with E-state index in [4.69, 9.17) is 0 Å². The zero-order valence-electron chi connectivity index (χ0n) is 15.1. The van der Waals surface area contributed by atoms with Gasteiger partial charge in [0.15, 0.2) is 0 Å². The van der Waals surface area contributed by atoms with E-state index in [0.717, 1.165) is 5.69 Å². The number of anilines is 1. The Hall–Kier alpha value is -2.10. The minimum atomic E-state index is -0.294. The summed E-state index contributed by atoms with van der Waals surface area (Å²) >= 11 is 0. The lowest BCUT2D eigenvalue weighted by molar-refractivity contribution is -0.126. The van der Waals surface area contributed by atoms with Crippen molar-refractivity contribution in [2.45, 2.75) is 46.0 Å². The van der Waals surface area contributed by atoms with Crippen molar-refractivity contribution in [3.8, 4) is 0 Å². The first-order chi connectivity index (χ1) is 11.4. The van der Waals surface area contributed by atoms with Crippen LogP contribution in [-0.2, 0) is 9.59 Å². The number of hydrogen-bond acceptors (Lipinski definition) is 2. The zero-order chi connectivity index (χ0) is 17.9. The molecule has 2 rings (SSSR count). The predicted octanol–water partition coefficient (Wildman–Crippen LogP) is 3.59. The summed E-state index contributed by atoms with van der Waals surface area (Å²) in [6, 6.07) is 6.23. The van der Waals surface area contributed by atoms with Crippen LogP contribution in [0.15, 0.2) is 30.9 Å². The lowest BCUT2D eigenvalue weighted by Crippen LogP contribution is -2.33. The lowest BCUT2D eigenvalue weighted by atomic mass is 9.92. The van der Waals surface area contributed by atoms with Crippen molar-refractivity contribution in [3.63, 3.8) is 0 Å². The fourth-order valence-electron chi connectivity index (χ4n) is 3.24. The van der Waals surface area contributed by atoms with E-state index < -0.39 is 0 Å². The van der Waals surface area contributed by atoms with Crippen LogP contribution >= 0.6 is 0 Å². The summed E-state index contributed by atoms with van der Waals surface area (Å²) in [4.78, 5) is 26.7. The van der Waals surface area contributed by atoms with Gasteiger partial charge in [0, 0.05) is 19.5 Å². The molecule has 24 heavy (non-hydrogen) atoms. The predicted molar refractivity (Wildman–Crippen MR) is 98.3 cm³/mol. The Balaban J connectivity index is 2.36. The molecular weight excluding hydrogens is 300 g/mol. The molecule has 0 aliphatic carbocycles. The van der Waals surface area contributed by atoms with Crippen molar-refractivity contribution in [2.75, 3.05) is 18.0 Å². The normalized spacial score (nSPS) is 17.7. The summed E-state index contributed by atoms with van der Waals surface area (Å²) in [6.45, 7) is 13.0. The first-order valence-electron chi connectivity index (χ1n) is 8.68. The molecule has 4 heteroatoms. The van der Waals surface area contributed by atoms with Crippen LogP contribution < -0.4 is 10.2 Å². The zero-order valence-corrected chi connectivity index (χ0v) is 15.1. The maximum Gasteiger partial charge on any atom is 0.227 e. The number of carbonyl (C=O) groups is 2. The number of nitrogens with zero attached hydrogens (tertiary/aromatic N) is 1. The molecule has 0 aromatic heterocycles. The van der Waals surface area contributed by atoms with Crippen LogP contribution in [0.3, 0.4) is 0 Å². The van der Waals surface area contributed by atoms with Crippen LogP contribution in [0.25, 0.3) is 0 Å². The Morgan fingerprint density at radius 1 is 1.29 bits per heavy atom. The SMILES string of the molecule is C=CCNC(=O)C1CC(=O)N(c2c(C(C)C)cccc2C(C)C)C1. The van der Waals surface area contributed by atoms with E-state index in [9.17, 15) is 9.59 Å². The maximum absolute atomic E-state index is 12.6. The molecule has 130 valence electrons. The van der Waals surface area contributed by atoms with Crippen LogP contribution in [0.5, 0.6) is 0 Å². The van der Waals surface area contributed by atoms with Gasteiger partial charge in [-0.2, -0.15) is 0 Å². The molecule has 1 aliphatic rings. The van der Waals surface area contributed by atoms with E-state index >= 15 is 0 Å². The average Bonchev–Trinajstić information content (AvgIpc) is 2.93. The molecule has 1 aliphatic heterocycles. The van der Waals surface area contributed by atoms with Crippen molar-refractivity contribution in [1.29, 1.82) is 0 Å². The van der Waals surface area contributed by atoms with Crippen LogP contribution in [0, 0.1) is 5.92 Å². The summed E-state index contributed by atoms with van der Waals surface area (Å²) < 4.78 is 0. The summed E-state index contributed by atoms with van der Waals surface area (Å²) in [5, 5.41) is 2.81. The Kier molecular flexibility index (Phi) is 5.81. The van der Waals surface area contributed by atoms with Gasteiger partial charge in [-0.3, -0.25) is 9.59 Å². The molecule has 4 nitrogen and oxygen atoms in total. The highest BCUT2D eigenvalue weighted by Gasteiger charge is 2.37. The number of hydrogen-bond donors (Lipinski definition) is 1. The third-order valence-corrected chi connectivity index (χ3v) is 4.53. The molecule has 1 atom stereocenters. The molecule has 2 amide bonds. The van der Waals surface area contributed by atoms with Gasteiger partial charge in [-0.05, 0) is 23.0 Å². The molecule has 0 bridgehead atoms. The number of amides is 2. The van der Waals surface area contributed by atoms with E-state index in [2.05, 4.69) is 57.8 Å². The van der Waals surface area contributed by atoms with E-state index in [1.165, 1.54) is 11.1 Å². The molecule has 0 spiro atoms. The number of carbonyl (C=O) groups excluding carboxylic acids is 2. The summed E-state index contributed by atoms with van der Waals surface area (Å²) in [5.74, 6) is 0.306. The second kappa shape index (κ2) is 7.65. The highest BCUT2D eigenvalue weighted by atomic mass is 16.2. The lowest BCUT2D eigenvalue weighted by Gasteiger charge is -2.27. The standard InChI is InChI=1S/C20H28N2O2/c1-6-10-21-20(24)15-11-18(23)22(12-15)19-16(13(2)3)8-7-9-17(19)14(4)5/h6-9,13-15H,1,10-12H2,2-5H3,(H,21,24). The Morgan fingerprint density at radius 2 is 1.88 bits per heavy atom. The fourth-order valence-corrected chi connectivity index (χ4v) is 3.24. The van der Waals surface area contributed by atoms with Crippen LogP contribution in [0.4, 0.5) is 5.69 Å². The molecule has 0 saturated carbocycles. The molecule has 1 saturated heterocycles. The maximum atomic E-state index is 12.6. The van der Waals surface area contributed by atoms with Gasteiger partial charge in [0.2, 0.25) is 11.8 Å². The average molecular weight is 328 g/mol. The molecular formula is C20H28N2O2. The molecule has 0 radical (unpaired) electrons. The highest BCUT2D eigenvalue weighted by molar-refractivity contribution is 6.01. The third kappa shape index (κ3) is 3.69. The molecule has 1 unspecified atom stereocenters. The van der Waals surface area contributed by atoms with E-state index in [1.54, 1.807) is 6.08 Å². The van der Waals surface area contributed by atoms with Crippen molar-refractivity contribution >= 4 is 17.5 Å². The second-order valence-corrected chi connectivity index (χ2v) is 7.03. The van der Waals surface area contributed by atoms with Gasteiger partial charge in [0.05, 0.1) is 11.6 Å². The number of benzene rings is 1. The molecule has 1 heterocycles. The number of rotatable bonds is 6. The van der Waals surface area contributed by atoms with Crippen molar-refractivity contribution < 1.29 is 9.59 Å². The van der Waals surface area contributed by atoms with Crippen LogP contribution in [-0.4, -0.2) is 24.9 Å². The number of para-hydroxylation sites is 1. The van der Waals surface area contributed by atoms with Gasteiger partial charge in [-0.15, -0.1) is 6.58 Å². The Labute approximate surface area is 144 Å². The third-order valence-electron chi connectivity index (χ3n) is 4.53. The number of nitrogens with one attached hydrogen (secondary N) is 1. The van der Waals surface area contributed by atoms with E-state index in [0.29, 0.717) is 24.9 Å². The second-order valence-electron chi connectivity index (χ2n) is 7.03. The topological polar surface area (TPSA) is 49.4 Å².